The van der Waals surface area contributed by atoms with Crippen molar-refractivity contribution in [3.8, 4) is 0 Å². The van der Waals surface area contributed by atoms with Crippen LogP contribution in [0, 0.1) is 6.92 Å². The molecule has 0 spiro atoms. The van der Waals surface area contributed by atoms with Crippen LogP contribution in [0.2, 0.25) is 5.02 Å². The van der Waals surface area contributed by atoms with E-state index in [4.69, 9.17) is 16.3 Å². The highest BCUT2D eigenvalue weighted by Gasteiger charge is 2.12. The number of carbonyl (C=O) groups is 1. The fourth-order valence-corrected chi connectivity index (χ4v) is 1.33. The molecule has 0 radical (unpaired) electrons. The second-order valence-electron chi connectivity index (χ2n) is 3.55. The highest BCUT2D eigenvalue weighted by atomic mass is 35.5. The molecule has 4 nitrogen and oxygen atoms in total. The van der Waals surface area contributed by atoms with Crippen molar-refractivity contribution in [3.63, 3.8) is 0 Å². The molecule has 0 aromatic heterocycles. The average molecular weight is 255 g/mol. The summed E-state index contributed by atoms with van der Waals surface area (Å²) in [6, 6.07) is 4.85. The summed E-state index contributed by atoms with van der Waals surface area (Å²) < 4.78 is 4.82. The van der Waals surface area contributed by atoms with Crippen LogP contribution in [-0.4, -0.2) is 18.6 Å². The zero-order valence-electron chi connectivity index (χ0n) is 10.1. The zero-order valence-corrected chi connectivity index (χ0v) is 10.9. The van der Waals surface area contributed by atoms with E-state index in [1.807, 2.05) is 19.1 Å². The molecule has 0 aliphatic rings. The van der Waals surface area contributed by atoms with E-state index in [1.54, 1.807) is 19.9 Å². The highest BCUT2D eigenvalue weighted by Crippen LogP contribution is 2.28. The summed E-state index contributed by atoms with van der Waals surface area (Å²) in [7, 11) is 0. The van der Waals surface area contributed by atoms with Crippen LogP contribution in [0.4, 0.5) is 5.69 Å². The van der Waals surface area contributed by atoms with Gasteiger partial charge in [-0.15, -0.1) is 0 Å². The summed E-state index contributed by atoms with van der Waals surface area (Å²) in [5.41, 5.74) is 1.48. The van der Waals surface area contributed by atoms with Crippen LogP contribution in [0.5, 0.6) is 0 Å². The fourth-order valence-electron chi connectivity index (χ4n) is 1.17. The van der Waals surface area contributed by atoms with Crippen molar-refractivity contribution in [1.29, 1.82) is 0 Å². The lowest BCUT2D eigenvalue weighted by atomic mass is 10.2. The van der Waals surface area contributed by atoms with Gasteiger partial charge in [0.25, 0.3) is 0 Å². The Kier molecular flexibility index (Phi) is 5.10. The number of carbonyl (C=O) groups excluding carboxylic acids is 1. The lowest BCUT2D eigenvalue weighted by Crippen LogP contribution is -2.17. The first-order chi connectivity index (χ1) is 8.06. The van der Waals surface area contributed by atoms with Crippen LogP contribution < -0.4 is 0 Å². The van der Waals surface area contributed by atoms with Gasteiger partial charge in [0.15, 0.2) is 6.04 Å². The Labute approximate surface area is 106 Å². The van der Waals surface area contributed by atoms with Gasteiger partial charge in [0.1, 0.15) is 5.69 Å². The van der Waals surface area contributed by atoms with Gasteiger partial charge in [-0.05, 0) is 32.4 Å². The van der Waals surface area contributed by atoms with Crippen molar-refractivity contribution in [2.24, 2.45) is 10.2 Å². The van der Waals surface area contributed by atoms with Gasteiger partial charge in [0, 0.05) is 0 Å². The molecule has 1 rings (SSSR count). The summed E-state index contributed by atoms with van der Waals surface area (Å²) in [5, 5.41) is 8.39. The molecule has 0 bridgehead atoms. The third-order valence-corrected chi connectivity index (χ3v) is 2.63. The van der Waals surface area contributed by atoms with Crippen LogP contribution in [0.3, 0.4) is 0 Å². The van der Waals surface area contributed by atoms with Gasteiger partial charge in [-0.2, -0.15) is 10.2 Å². The molecule has 1 aromatic carbocycles. The molecule has 0 aliphatic heterocycles. The van der Waals surface area contributed by atoms with Gasteiger partial charge in [0.2, 0.25) is 0 Å². The number of aryl methyl sites for hydroxylation is 1. The number of benzene rings is 1. The minimum atomic E-state index is -0.619. The Hall–Kier alpha value is -1.42. The Morgan fingerprint density at radius 2 is 2.24 bits per heavy atom. The number of rotatable bonds is 4. The number of azo groups is 1. The minimum Gasteiger partial charge on any atom is -0.464 e. The van der Waals surface area contributed by atoms with Crippen molar-refractivity contribution in [3.05, 3.63) is 28.8 Å². The molecule has 0 fully saturated rings. The Morgan fingerprint density at radius 1 is 1.53 bits per heavy atom. The van der Waals surface area contributed by atoms with Crippen LogP contribution in [0.15, 0.2) is 28.4 Å². The SMILES string of the molecule is CCOC(=O)C(C)N=Nc1cccc(C)c1Cl. The molecule has 0 saturated heterocycles. The third kappa shape index (κ3) is 3.82. The summed E-state index contributed by atoms with van der Waals surface area (Å²) in [6.07, 6.45) is 0. The van der Waals surface area contributed by atoms with Crippen molar-refractivity contribution in [2.75, 3.05) is 6.61 Å². The zero-order chi connectivity index (χ0) is 12.8. The van der Waals surface area contributed by atoms with Gasteiger partial charge in [-0.25, -0.2) is 4.79 Å². The van der Waals surface area contributed by atoms with Gasteiger partial charge in [-0.3, -0.25) is 0 Å². The predicted molar refractivity (Wildman–Crippen MR) is 66.8 cm³/mol. The molecule has 1 unspecified atom stereocenters. The van der Waals surface area contributed by atoms with E-state index >= 15 is 0 Å². The van der Waals surface area contributed by atoms with E-state index in [1.165, 1.54) is 0 Å². The van der Waals surface area contributed by atoms with E-state index in [0.29, 0.717) is 17.3 Å². The molecule has 1 atom stereocenters. The highest BCUT2D eigenvalue weighted by molar-refractivity contribution is 6.33. The van der Waals surface area contributed by atoms with E-state index in [2.05, 4.69) is 10.2 Å². The summed E-state index contributed by atoms with van der Waals surface area (Å²) in [5.74, 6) is -0.389. The second kappa shape index (κ2) is 6.35. The molecule has 5 heteroatoms. The van der Waals surface area contributed by atoms with Crippen LogP contribution >= 0.6 is 11.6 Å². The lowest BCUT2D eigenvalue weighted by Gasteiger charge is -2.04. The normalized spacial score (nSPS) is 12.7. The molecule has 0 amide bonds. The van der Waals surface area contributed by atoms with Crippen LogP contribution in [-0.2, 0) is 9.53 Å². The van der Waals surface area contributed by atoms with E-state index in [-0.39, 0.29) is 5.97 Å². The first-order valence-electron chi connectivity index (χ1n) is 5.38. The lowest BCUT2D eigenvalue weighted by molar-refractivity contribution is -0.144. The summed E-state index contributed by atoms with van der Waals surface area (Å²) >= 11 is 6.05. The maximum Gasteiger partial charge on any atom is 0.332 e. The number of halogens is 1. The molecular formula is C12H15ClN2O2. The summed E-state index contributed by atoms with van der Waals surface area (Å²) in [6.45, 7) is 5.60. The number of hydrogen-bond acceptors (Lipinski definition) is 4. The molecule has 0 aliphatic carbocycles. The molecule has 0 heterocycles. The van der Waals surface area contributed by atoms with E-state index in [0.717, 1.165) is 5.56 Å². The fraction of sp³-hybridized carbons (Fsp3) is 0.417. The number of esters is 1. The number of ether oxygens (including phenoxy) is 1. The standard InChI is InChI=1S/C12H15ClN2O2/c1-4-17-12(16)9(3)14-15-10-7-5-6-8(2)11(10)13/h5-7,9H,4H2,1-3H3. The minimum absolute atomic E-state index is 0.337. The maximum atomic E-state index is 11.3. The van der Waals surface area contributed by atoms with Crippen molar-refractivity contribution >= 4 is 23.3 Å². The van der Waals surface area contributed by atoms with Gasteiger partial charge in [-0.1, -0.05) is 23.7 Å². The topological polar surface area (TPSA) is 51.0 Å². The molecule has 17 heavy (non-hydrogen) atoms. The van der Waals surface area contributed by atoms with E-state index < -0.39 is 6.04 Å². The van der Waals surface area contributed by atoms with Gasteiger partial charge in [0.05, 0.1) is 11.6 Å². The average Bonchev–Trinajstić information content (AvgIpc) is 2.31. The monoisotopic (exact) mass is 254 g/mol. The van der Waals surface area contributed by atoms with Gasteiger partial charge < -0.3 is 4.74 Å². The third-order valence-electron chi connectivity index (χ3n) is 2.14. The molecular weight excluding hydrogens is 240 g/mol. The smallest absolute Gasteiger partial charge is 0.332 e. The Morgan fingerprint density at radius 3 is 2.88 bits per heavy atom. The Balaban J connectivity index is 2.77. The molecule has 0 saturated carbocycles. The van der Waals surface area contributed by atoms with Gasteiger partial charge >= 0.3 is 5.97 Å². The molecule has 1 aromatic rings. The number of nitrogens with zero attached hydrogens (tertiary/aromatic N) is 2. The maximum absolute atomic E-state index is 11.3. The first kappa shape index (κ1) is 13.6. The second-order valence-corrected chi connectivity index (χ2v) is 3.93. The molecule has 0 N–H and O–H groups in total. The van der Waals surface area contributed by atoms with Crippen molar-refractivity contribution in [1.82, 2.24) is 0 Å². The number of hydrogen-bond donors (Lipinski definition) is 0. The van der Waals surface area contributed by atoms with Crippen molar-refractivity contribution < 1.29 is 9.53 Å². The first-order valence-corrected chi connectivity index (χ1v) is 5.76. The van der Waals surface area contributed by atoms with Crippen molar-refractivity contribution in [2.45, 2.75) is 26.8 Å². The van der Waals surface area contributed by atoms with E-state index in [9.17, 15) is 4.79 Å². The molecule has 92 valence electrons. The predicted octanol–water partition coefficient (Wildman–Crippen LogP) is 3.68. The summed E-state index contributed by atoms with van der Waals surface area (Å²) in [4.78, 5) is 11.3. The Bertz CT molecular complexity index is 433. The van der Waals surface area contributed by atoms with Crippen LogP contribution in [0.25, 0.3) is 0 Å². The van der Waals surface area contributed by atoms with Crippen LogP contribution in [0.1, 0.15) is 19.4 Å². The quantitative estimate of drug-likeness (QED) is 0.608. The largest absolute Gasteiger partial charge is 0.464 e.